The lowest BCUT2D eigenvalue weighted by Crippen LogP contribution is -2.59. The zero-order valence-electron chi connectivity index (χ0n) is 16.9. The van der Waals surface area contributed by atoms with Crippen molar-refractivity contribution < 1.29 is 18.7 Å². The second-order valence-corrected chi connectivity index (χ2v) is 8.62. The molecule has 3 aromatic carbocycles. The van der Waals surface area contributed by atoms with Crippen molar-refractivity contribution in [3.05, 3.63) is 106 Å². The molecule has 0 amide bonds. The van der Waals surface area contributed by atoms with Gasteiger partial charge in [-0.15, -0.1) is 0 Å². The summed E-state index contributed by atoms with van der Waals surface area (Å²) in [5, 5.41) is 10.7. The molecule has 3 aromatic rings. The van der Waals surface area contributed by atoms with Crippen LogP contribution in [0.1, 0.15) is 29.7 Å². The van der Waals surface area contributed by atoms with Crippen LogP contribution in [0.4, 0.5) is 8.78 Å². The number of carboxylic acid groups (broad SMARTS) is 1. The standard InChI is InChI=1S/C25H22ClF2NO2/c1-25(24(30)31,18-11-21(27)13-22(28)12-18)19-14-29(15-19)23(16-5-3-2-4-6-16)17-7-9-20(26)10-8-17/h2-13,19,23H,14-15H2,1H3,(H,30,31). The summed E-state index contributed by atoms with van der Waals surface area (Å²) in [4.78, 5) is 14.4. The maximum Gasteiger partial charge on any atom is 0.314 e. The molecule has 160 valence electrons. The average molecular weight is 442 g/mol. The van der Waals surface area contributed by atoms with Gasteiger partial charge < -0.3 is 5.11 Å². The first kappa shape index (κ1) is 21.5. The van der Waals surface area contributed by atoms with Crippen molar-refractivity contribution in [1.29, 1.82) is 0 Å². The Labute approximate surface area is 184 Å². The summed E-state index contributed by atoms with van der Waals surface area (Å²) in [6.45, 7) is 2.50. The van der Waals surface area contributed by atoms with Crippen LogP contribution in [-0.4, -0.2) is 29.1 Å². The second kappa shape index (κ2) is 8.40. The Bertz CT molecular complexity index is 1060. The van der Waals surface area contributed by atoms with Crippen LogP contribution in [0.2, 0.25) is 5.02 Å². The highest BCUT2D eigenvalue weighted by atomic mass is 35.5. The number of carbonyl (C=O) groups is 1. The SMILES string of the molecule is CC(C(=O)O)(c1cc(F)cc(F)c1)C1CN(C(c2ccccc2)c2ccc(Cl)cc2)C1. The largest absolute Gasteiger partial charge is 0.481 e. The Morgan fingerprint density at radius 2 is 1.55 bits per heavy atom. The van der Waals surface area contributed by atoms with Gasteiger partial charge >= 0.3 is 5.97 Å². The van der Waals surface area contributed by atoms with E-state index in [4.69, 9.17) is 11.6 Å². The third kappa shape index (κ3) is 4.08. The number of halogens is 3. The highest BCUT2D eigenvalue weighted by molar-refractivity contribution is 6.30. The maximum absolute atomic E-state index is 13.8. The van der Waals surface area contributed by atoms with Crippen LogP contribution in [0.5, 0.6) is 0 Å². The molecule has 1 N–H and O–H groups in total. The van der Waals surface area contributed by atoms with Gasteiger partial charge in [-0.1, -0.05) is 54.1 Å². The summed E-state index contributed by atoms with van der Waals surface area (Å²) < 4.78 is 27.7. The van der Waals surface area contributed by atoms with E-state index in [-0.39, 0.29) is 17.5 Å². The normalized spacial score (nSPS) is 17.5. The van der Waals surface area contributed by atoms with Gasteiger partial charge in [0.15, 0.2) is 0 Å². The van der Waals surface area contributed by atoms with E-state index in [0.717, 1.165) is 29.3 Å². The van der Waals surface area contributed by atoms with Crippen molar-refractivity contribution in [2.24, 2.45) is 5.92 Å². The maximum atomic E-state index is 13.8. The monoisotopic (exact) mass is 441 g/mol. The van der Waals surface area contributed by atoms with Gasteiger partial charge in [0, 0.05) is 30.1 Å². The lowest BCUT2D eigenvalue weighted by atomic mass is 9.67. The Balaban J connectivity index is 1.65. The van der Waals surface area contributed by atoms with Crippen molar-refractivity contribution in [3.8, 4) is 0 Å². The predicted octanol–water partition coefficient (Wildman–Crippen LogP) is 5.68. The van der Waals surface area contributed by atoms with E-state index >= 15 is 0 Å². The van der Waals surface area contributed by atoms with Crippen LogP contribution in [0.15, 0.2) is 72.8 Å². The van der Waals surface area contributed by atoms with E-state index in [1.54, 1.807) is 6.92 Å². The molecule has 0 aliphatic carbocycles. The van der Waals surface area contributed by atoms with Gasteiger partial charge in [-0.25, -0.2) is 8.78 Å². The third-order valence-electron chi connectivity index (χ3n) is 6.30. The fraction of sp³-hybridized carbons (Fsp3) is 0.240. The zero-order valence-corrected chi connectivity index (χ0v) is 17.7. The minimum absolute atomic E-state index is 0.0722. The molecule has 1 aliphatic heterocycles. The minimum atomic E-state index is -1.40. The van der Waals surface area contributed by atoms with E-state index in [1.165, 1.54) is 0 Å². The fourth-order valence-electron chi connectivity index (χ4n) is 4.37. The molecule has 0 radical (unpaired) electrons. The van der Waals surface area contributed by atoms with E-state index < -0.39 is 23.0 Å². The molecule has 4 rings (SSSR count). The Kier molecular flexibility index (Phi) is 5.82. The average Bonchev–Trinajstić information content (AvgIpc) is 2.70. The fourth-order valence-corrected chi connectivity index (χ4v) is 4.50. The number of nitrogens with zero attached hydrogens (tertiary/aromatic N) is 1. The van der Waals surface area contributed by atoms with Crippen molar-refractivity contribution in [1.82, 2.24) is 4.90 Å². The van der Waals surface area contributed by atoms with E-state index in [1.807, 2.05) is 54.6 Å². The van der Waals surface area contributed by atoms with Gasteiger partial charge in [0.2, 0.25) is 0 Å². The molecule has 1 aliphatic rings. The van der Waals surface area contributed by atoms with Gasteiger partial charge in [0.1, 0.15) is 11.6 Å². The molecule has 0 bridgehead atoms. The van der Waals surface area contributed by atoms with Crippen LogP contribution in [0.3, 0.4) is 0 Å². The van der Waals surface area contributed by atoms with Crippen LogP contribution in [-0.2, 0) is 10.2 Å². The first-order chi connectivity index (χ1) is 14.8. The smallest absolute Gasteiger partial charge is 0.314 e. The molecule has 31 heavy (non-hydrogen) atoms. The molecule has 0 saturated carbocycles. The number of aliphatic carboxylic acids is 1. The zero-order chi connectivity index (χ0) is 22.2. The lowest BCUT2D eigenvalue weighted by molar-refractivity contribution is -0.149. The van der Waals surface area contributed by atoms with E-state index in [0.29, 0.717) is 18.1 Å². The summed E-state index contributed by atoms with van der Waals surface area (Å²) in [5.74, 6) is -2.95. The molecule has 0 aromatic heterocycles. The van der Waals surface area contributed by atoms with E-state index in [2.05, 4.69) is 4.90 Å². The number of hydrogen-bond donors (Lipinski definition) is 1. The van der Waals surface area contributed by atoms with Gasteiger partial charge in [-0.2, -0.15) is 0 Å². The first-order valence-electron chi connectivity index (χ1n) is 10.0. The van der Waals surface area contributed by atoms with Crippen LogP contribution < -0.4 is 0 Å². The van der Waals surface area contributed by atoms with Crippen LogP contribution in [0, 0.1) is 17.6 Å². The van der Waals surface area contributed by atoms with Crippen molar-refractivity contribution >= 4 is 17.6 Å². The highest BCUT2D eigenvalue weighted by Gasteiger charge is 2.50. The number of benzene rings is 3. The molecule has 1 heterocycles. The molecule has 2 atom stereocenters. The Morgan fingerprint density at radius 1 is 1.00 bits per heavy atom. The van der Waals surface area contributed by atoms with Gasteiger partial charge in [0.25, 0.3) is 0 Å². The molecule has 0 spiro atoms. The van der Waals surface area contributed by atoms with Gasteiger partial charge in [-0.05, 0) is 47.9 Å². The first-order valence-corrected chi connectivity index (χ1v) is 10.4. The highest BCUT2D eigenvalue weighted by Crippen LogP contribution is 2.43. The third-order valence-corrected chi connectivity index (χ3v) is 6.55. The minimum Gasteiger partial charge on any atom is -0.481 e. The van der Waals surface area contributed by atoms with Crippen molar-refractivity contribution in [3.63, 3.8) is 0 Å². The van der Waals surface area contributed by atoms with Gasteiger partial charge in [0.05, 0.1) is 11.5 Å². The topological polar surface area (TPSA) is 40.5 Å². The van der Waals surface area contributed by atoms with E-state index in [9.17, 15) is 18.7 Å². The lowest BCUT2D eigenvalue weighted by Gasteiger charge is -2.50. The predicted molar refractivity (Wildman–Crippen MR) is 116 cm³/mol. The summed E-state index contributed by atoms with van der Waals surface area (Å²) in [7, 11) is 0. The van der Waals surface area contributed by atoms with Crippen molar-refractivity contribution in [2.75, 3.05) is 13.1 Å². The summed E-state index contributed by atoms with van der Waals surface area (Å²) in [6.07, 6.45) is 0. The summed E-state index contributed by atoms with van der Waals surface area (Å²) in [6, 6.07) is 20.5. The number of rotatable bonds is 6. The van der Waals surface area contributed by atoms with Crippen LogP contribution in [0.25, 0.3) is 0 Å². The van der Waals surface area contributed by atoms with Crippen LogP contribution >= 0.6 is 11.6 Å². The molecule has 2 unspecified atom stereocenters. The molecule has 1 saturated heterocycles. The van der Waals surface area contributed by atoms with Crippen molar-refractivity contribution in [2.45, 2.75) is 18.4 Å². The molecular weight excluding hydrogens is 420 g/mol. The Morgan fingerprint density at radius 3 is 2.10 bits per heavy atom. The number of carboxylic acids is 1. The second-order valence-electron chi connectivity index (χ2n) is 8.18. The molecule has 1 fully saturated rings. The molecular formula is C25H22ClF2NO2. The van der Waals surface area contributed by atoms with Gasteiger partial charge in [-0.3, -0.25) is 9.69 Å². The Hall–Kier alpha value is -2.76. The quantitative estimate of drug-likeness (QED) is 0.535. The summed E-state index contributed by atoms with van der Waals surface area (Å²) in [5.41, 5.74) is 0.866. The number of likely N-dealkylation sites (tertiary alicyclic amines) is 1. The molecule has 3 nitrogen and oxygen atoms in total. The number of hydrogen-bond acceptors (Lipinski definition) is 2. The molecule has 6 heteroatoms. The summed E-state index contributed by atoms with van der Waals surface area (Å²) >= 11 is 6.06.